The number of nitrogens with one attached hydrogen (secondary N) is 1. The van der Waals surface area contributed by atoms with Crippen LogP contribution in [0.5, 0.6) is 0 Å². The van der Waals surface area contributed by atoms with Gasteiger partial charge in [-0.05, 0) is 85.1 Å². The number of fused-ring (bicyclic) bond motifs is 2. The molecule has 0 aromatic carbocycles. The molecule has 4 fully saturated rings. The van der Waals surface area contributed by atoms with Crippen LogP contribution >= 0.6 is 0 Å². The largest absolute Gasteiger partial charge is 0.313 e. The van der Waals surface area contributed by atoms with Crippen molar-refractivity contribution in [2.24, 2.45) is 38.9 Å². The van der Waals surface area contributed by atoms with Gasteiger partial charge in [0.25, 0.3) is 0 Å². The predicted molar refractivity (Wildman–Crippen MR) is 110 cm³/mol. The summed E-state index contributed by atoms with van der Waals surface area (Å²) in [5.41, 5.74) is 2.55. The first-order valence-corrected chi connectivity index (χ1v) is 11.2. The summed E-state index contributed by atoms with van der Waals surface area (Å²) in [6, 6.07) is 0.481. The average Bonchev–Trinajstić information content (AvgIpc) is 3.21. The van der Waals surface area contributed by atoms with Crippen molar-refractivity contribution in [2.75, 3.05) is 7.05 Å². The Labute approximate surface area is 165 Å². The molecular formula is C25H37NO. The second-order valence-electron chi connectivity index (χ2n) is 11.6. The first-order chi connectivity index (χ1) is 12.6. The van der Waals surface area contributed by atoms with Crippen LogP contribution in [0, 0.1) is 38.9 Å². The summed E-state index contributed by atoms with van der Waals surface area (Å²) in [7, 11) is 2.11. The lowest BCUT2D eigenvalue weighted by atomic mass is 9.43. The molecule has 5 rings (SSSR count). The highest BCUT2D eigenvalue weighted by Gasteiger charge is 2.81. The number of hydrogen-bond acceptors (Lipinski definition) is 2. The molecule has 27 heavy (non-hydrogen) atoms. The molecule has 0 saturated heterocycles. The van der Waals surface area contributed by atoms with Crippen molar-refractivity contribution < 1.29 is 4.79 Å². The highest BCUT2D eigenvalue weighted by Crippen LogP contribution is 2.87. The maximum atomic E-state index is 13.0. The second kappa shape index (κ2) is 4.99. The Bertz CT molecular complexity index is 777. The first-order valence-electron chi connectivity index (χ1n) is 11.2. The average molecular weight is 368 g/mol. The van der Waals surface area contributed by atoms with Crippen LogP contribution in [0.4, 0.5) is 0 Å². The minimum Gasteiger partial charge on any atom is -0.313 e. The summed E-state index contributed by atoms with van der Waals surface area (Å²) >= 11 is 0. The molecule has 2 spiro atoms. The van der Waals surface area contributed by atoms with Crippen molar-refractivity contribution in [3.05, 3.63) is 23.8 Å². The third-order valence-corrected chi connectivity index (χ3v) is 10.9. The zero-order valence-electron chi connectivity index (χ0n) is 18.1. The van der Waals surface area contributed by atoms with E-state index in [1.807, 2.05) is 0 Å². The van der Waals surface area contributed by atoms with Crippen molar-refractivity contribution in [1.82, 2.24) is 5.32 Å². The Morgan fingerprint density at radius 3 is 2.48 bits per heavy atom. The first kappa shape index (κ1) is 18.2. The van der Waals surface area contributed by atoms with Gasteiger partial charge in [0, 0.05) is 17.9 Å². The van der Waals surface area contributed by atoms with E-state index in [-0.39, 0.29) is 10.8 Å². The fourth-order valence-corrected chi connectivity index (χ4v) is 9.38. The molecule has 4 saturated carbocycles. The third-order valence-electron chi connectivity index (χ3n) is 10.9. The van der Waals surface area contributed by atoms with Gasteiger partial charge < -0.3 is 5.32 Å². The van der Waals surface area contributed by atoms with Gasteiger partial charge in [-0.1, -0.05) is 45.9 Å². The van der Waals surface area contributed by atoms with E-state index in [1.165, 1.54) is 32.1 Å². The van der Waals surface area contributed by atoms with Crippen molar-refractivity contribution in [3.8, 4) is 0 Å². The lowest BCUT2D eigenvalue weighted by molar-refractivity contribution is -0.119. The molecule has 2 nitrogen and oxygen atoms in total. The summed E-state index contributed by atoms with van der Waals surface area (Å²) in [5, 5.41) is 3.56. The van der Waals surface area contributed by atoms with Gasteiger partial charge >= 0.3 is 0 Å². The number of allylic oxidation sites excluding steroid dienone is 3. The summed E-state index contributed by atoms with van der Waals surface area (Å²) in [5.74, 6) is 1.91. The normalized spacial score (nSPS) is 56.3. The fourth-order valence-electron chi connectivity index (χ4n) is 9.38. The Balaban J connectivity index is 1.60. The zero-order valence-corrected chi connectivity index (χ0v) is 18.1. The lowest BCUT2D eigenvalue weighted by Gasteiger charge is -2.61. The number of rotatable bonds is 1. The van der Waals surface area contributed by atoms with Gasteiger partial charge in [-0.2, -0.15) is 0 Å². The fraction of sp³-hybridized carbons (Fsp3) is 0.800. The maximum Gasteiger partial charge on any atom is 0.159 e. The van der Waals surface area contributed by atoms with Crippen LogP contribution < -0.4 is 5.32 Å². The van der Waals surface area contributed by atoms with Gasteiger partial charge in [-0.15, -0.1) is 0 Å². The summed E-state index contributed by atoms with van der Waals surface area (Å²) in [6.07, 6.45) is 14.6. The minimum atomic E-state index is 0.0901. The quantitative estimate of drug-likeness (QED) is 0.503. The number of likely N-dealkylation sites (N-methyl/N-ethyl adjacent to an activating group) is 1. The van der Waals surface area contributed by atoms with E-state index in [2.05, 4.69) is 65.2 Å². The summed E-state index contributed by atoms with van der Waals surface area (Å²) in [6.45, 7) is 11.9. The molecule has 0 aromatic heterocycles. The number of hydrogen-bond donors (Lipinski definition) is 1. The van der Waals surface area contributed by atoms with Gasteiger partial charge in [0.2, 0.25) is 0 Å². The minimum absolute atomic E-state index is 0.0901. The van der Waals surface area contributed by atoms with E-state index < -0.39 is 0 Å². The Hall–Kier alpha value is -0.890. The zero-order chi connectivity index (χ0) is 19.5. The van der Waals surface area contributed by atoms with Crippen LogP contribution in [0.1, 0.15) is 73.1 Å². The number of carbonyl (C=O) groups excluding carboxylic acids is 1. The molecule has 0 bridgehead atoms. The highest BCUT2D eigenvalue weighted by molar-refractivity contribution is 6.00. The van der Waals surface area contributed by atoms with Crippen molar-refractivity contribution in [3.63, 3.8) is 0 Å². The van der Waals surface area contributed by atoms with Crippen LogP contribution in [0.25, 0.3) is 0 Å². The summed E-state index contributed by atoms with van der Waals surface area (Å²) in [4.78, 5) is 13.0. The van der Waals surface area contributed by atoms with Crippen LogP contribution in [0.15, 0.2) is 23.8 Å². The molecule has 2 unspecified atom stereocenters. The van der Waals surface area contributed by atoms with Gasteiger partial charge in [-0.25, -0.2) is 0 Å². The van der Waals surface area contributed by atoms with Crippen LogP contribution in [0.2, 0.25) is 0 Å². The molecule has 2 heteroatoms. The molecule has 0 radical (unpaired) electrons. The second-order valence-corrected chi connectivity index (χ2v) is 11.6. The third kappa shape index (κ3) is 1.73. The summed E-state index contributed by atoms with van der Waals surface area (Å²) < 4.78 is 0. The van der Waals surface area contributed by atoms with Gasteiger partial charge in [-0.3, -0.25) is 4.79 Å². The van der Waals surface area contributed by atoms with Crippen LogP contribution in [0.3, 0.4) is 0 Å². The molecule has 5 aliphatic rings. The van der Waals surface area contributed by atoms with Gasteiger partial charge in [0.15, 0.2) is 5.78 Å². The van der Waals surface area contributed by atoms with Crippen LogP contribution in [-0.2, 0) is 4.79 Å². The lowest BCUT2D eigenvalue weighted by Crippen LogP contribution is -2.57. The molecule has 5 aliphatic carbocycles. The molecule has 7 atom stereocenters. The van der Waals surface area contributed by atoms with E-state index in [4.69, 9.17) is 0 Å². The van der Waals surface area contributed by atoms with E-state index in [1.54, 1.807) is 0 Å². The number of Topliss-reactive ketones (excluding diaryl/α,β-unsaturated/α-hetero) is 1. The van der Waals surface area contributed by atoms with E-state index in [0.717, 1.165) is 17.9 Å². The SMILES string of the molecule is C/C=C1/C(=O)C[C@@]2(C)C3CCC4C(C)(C)[C@@H](NC)C=C[C@@]45C[C@@]35CC[C@]12C. The molecule has 0 aromatic rings. The smallest absolute Gasteiger partial charge is 0.159 e. The number of carbonyl (C=O) groups is 1. The van der Waals surface area contributed by atoms with Gasteiger partial charge in [0.05, 0.1) is 0 Å². The molecule has 1 N–H and O–H groups in total. The molecule has 0 heterocycles. The molecule has 0 aliphatic heterocycles. The van der Waals surface area contributed by atoms with Crippen LogP contribution in [-0.4, -0.2) is 18.9 Å². The predicted octanol–water partition coefficient (Wildman–Crippen LogP) is 5.30. The highest BCUT2D eigenvalue weighted by atomic mass is 16.1. The Kier molecular flexibility index (Phi) is 3.35. The van der Waals surface area contributed by atoms with Crippen molar-refractivity contribution >= 4 is 5.78 Å². The van der Waals surface area contributed by atoms with Crippen molar-refractivity contribution in [1.29, 1.82) is 0 Å². The Morgan fingerprint density at radius 2 is 1.81 bits per heavy atom. The van der Waals surface area contributed by atoms with E-state index in [0.29, 0.717) is 34.0 Å². The van der Waals surface area contributed by atoms with E-state index in [9.17, 15) is 4.79 Å². The van der Waals surface area contributed by atoms with Gasteiger partial charge in [0.1, 0.15) is 0 Å². The monoisotopic (exact) mass is 367 g/mol. The topological polar surface area (TPSA) is 29.1 Å². The maximum absolute atomic E-state index is 13.0. The molecule has 0 amide bonds. The van der Waals surface area contributed by atoms with Crippen molar-refractivity contribution in [2.45, 2.75) is 79.2 Å². The molecule has 148 valence electrons. The number of ketones is 1. The van der Waals surface area contributed by atoms with E-state index >= 15 is 0 Å². The Morgan fingerprint density at radius 1 is 1.11 bits per heavy atom. The molecular weight excluding hydrogens is 330 g/mol. The standard InChI is InChI=1S/C25H37NO/c1-7-16-17(27)14-23(5)19-9-8-18-21(2,3)20(26-6)10-11-24(18)15-25(19,24)13-12-22(16,23)4/h7,10-11,18-20,26H,8-9,12-15H2,1-6H3/b16-7-/t18?,19?,20-,22+,23-,24+,25-/m0/s1.